The number of benzene rings is 1. The van der Waals surface area contributed by atoms with Crippen LogP contribution < -0.4 is 0 Å². The third kappa shape index (κ3) is 3.52. The molecule has 0 fully saturated rings. The topological polar surface area (TPSA) is 57.5 Å². The molecule has 0 saturated heterocycles. The number of hydrogen-bond acceptors (Lipinski definition) is 2. The number of halogens is 1. The first kappa shape index (κ1) is 11.4. The molecule has 0 aliphatic rings. The van der Waals surface area contributed by atoms with Crippen molar-refractivity contribution in [1.29, 1.82) is 0 Å². The first-order valence-corrected chi connectivity index (χ1v) is 4.44. The Hall–Kier alpha value is -1.68. The number of aliphatic hydroxyl groups is 1. The van der Waals surface area contributed by atoms with Crippen molar-refractivity contribution in [3.05, 3.63) is 41.2 Å². The Morgan fingerprint density at radius 3 is 2.73 bits per heavy atom. The second-order valence-electron chi connectivity index (χ2n) is 3.00. The summed E-state index contributed by atoms with van der Waals surface area (Å²) in [6.07, 6.45) is 2.52. The standard InChI is InChI=1S/C11H11FO3/c12-10-7-8(2-4-11(14)15)1-3-9(10)5-6-13/h1-4,7,13H,5-6H2,(H,14,15). The van der Waals surface area contributed by atoms with Crippen LogP contribution in [0.3, 0.4) is 0 Å². The van der Waals surface area contributed by atoms with Gasteiger partial charge in [0.2, 0.25) is 0 Å². The zero-order valence-corrected chi connectivity index (χ0v) is 7.98. The van der Waals surface area contributed by atoms with Crippen LogP contribution in [0.2, 0.25) is 0 Å². The summed E-state index contributed by atoms with van der Waals surface area (Å²) in [4.78, 5) is 10.2. The van der Waals surface area contributed by atoms with Gasteiger partial charge in [0.05, 0.1) is 0 Å². The molecule has 0 unspecified atom stereocenters. The van der Waals surface area contributed by atoms with Crippen LogP contribution in [0.15, 0.2) is 24.3 Å². The van der Waals surface area contributed by atoms with Gasteiger partial charge in [0.1, 0.15) is 5.82 Å². The van der Waals surface area contributed by atoms with Gasteiger partial charge < -0.3 is 10.2 Å². The van der Waals surface area contributed by atoms with E-state index in [0.29, 0.717) is 11.1 Å². The number of aliphatic carboxylic acids is 1. The first-order chi connectivity index (χ1) is 7.13. The lowest BCUT2D eigenvalue weighted by molar-refractivity contribution is -0.131. The van der Waals surface area contributed by atoms with Crippen LogP contribution in [0.5, 0.6) is 0 Å². The Morgan fingerprint density at radius 2 is 2.20 bits per heavy atom. The van der Waals surface area contributed by atoms with E-state index in [4.69, 9.17) is 10.2 Å². The lowest BCUT2D eigenvalue weighted by atomic mass is 10.1. The molecule has 15 heavy (non-hydrogen) atoms. The van der Waals surface area contributed by atoms with E-state index in [1.54, 1.807) is 6.07 Å². The van der Waals surface area contributed by atoms with E-state index in [1.165, 1.54) is 18.2 Å². The first-order valence-electron chi connectivity index (χ1n) is 4.44. The van der Waals surface area contributed by atoms with E-state index >= 15 is 0 Å². The molecule has 0 spiro atoms. The van der Waals surface area contributed by atoms with Gasteiger partial charge in [0.15, 0.2) is 0 Å². The molecule has 0 aliphatic carbocycles. The van der Waals surface area contributed by atoms with Gasteiger partial charge in [-0.15, -0.1) is 0 Å². The fourth-order valence-corrected chi connectivity index (χ4v) is 1.16. The van der Waals surface area contributed by atoms with E-state index in [-0.39, 0.29) is 13.0 Å². The number of carboxylic acids is 1. The lowest BCUT2D eigenvalue weighted by Crippen LogP contribution is -1.95. The summed E-state index contributed by atoms with van der Waals surface area (Å²) in [6.45, 7) is -0.110. The van der Waals surface area contributed by atoms with Gasteiger partial charge in [-0.3, -0.25) is 0 Å². The van der Waals surface area contributed by atoms with Crippen molar-refractivity contribution in [1.82, 2.24) is 0 Å². The molecular formula is C11H11FO3. The minimum Gasteiger partial charge on any atom is -0.478 e. The molecule has 4 heteroatoms. The fourth-order valence-electron chi connectivity index (χ4n) is 1.16. The largest absolute Gasteiger partial charge is 0.478 e. The monoisotopic (exact) mass is 210 g/mol. The Morgan fingerprint density at radius 1 is 1.47 bits per heavy atom. The zero-order valence-electron chi connectivity index (χ0n) is 7.98. The number of hydrogen-bond donors (Lipinski definition) is 2. The normalized spacial score (nSPS) is 10.8. The van der Waals surface area contributed by atoms with Crippen molar-refractivity contribution in [2.45, 2.75) is 6.42 Å². The predicted octanol–water partition coefficient (Wildman–Crippen LogP) is 1.46. The van der Waals surface area contributed by atoms with Crippen molar-refractivity contribution in [2.24, 2.45) is 0 Å². The Labute approximate surface area is 86.5 Å². The van der Waals surface area contributed by atoms with Crippen LogP contribution >= 0.6 is 0 Å². The van der Waals surface area contributed by atoms with Crippen molar-refractivity contribution < 1.29 is 19.4 Å². The minimum absolute atomic E-state index is 0.110. The maximum absolute atomic E-state index is 13.3. The summed E-state index contributed by atoms with van der Waals surface area (Å²) < 4.78 is 13.3. The highest BCUT2D eigenvalue weighted by Crippen LogP contribution is 2.12. The number of rotatable bonds is 4. The molecule has 80 valence electrons. The molecular weight excluding hydrogens is 199 g/mol. The Kier molecular flexibility index (Phi) is 4.00. The Bertz CT molecular complexity index is 385. The van der Waals surface area contributed by atoms with Crippen molar-refractivity contribution in [3.8, 4) is 0 Å². The van der Waals surface area contributed by atoms with Crippen molar-refractivity contribution in [3.63, 3.8) is 0 Å². The second kappa shape index (κ2) is 5.26. The van der Waals surface area contributed by atoms with Crippen LogP contribution in [0.25, 0.3) is 6.08 Å². The van der Waals surface area contributed by atoms with Gasteiger partial charge >= 0.3 is 5.97 Å². The lowest BCUT2D eigenvalue weighted by Gasteiger charge is -2.01. The van der Waals surface area contributed by atoms with Gasteiger partial charge in [-0.05, 0) is 29.7 Å². The highest BCUT2D eigenvalue weighted by atomic mass is 19.1. The van der Waals surface area contributed by atoms with Gasteiger partial charge in [0.25, 0.3) is 0 Å². The van der Waals surface area contributed by atoms with E-state index < -0.39 is 11.8 Å². The van der Waals surface area contributed by atoms with Crippen LogP contribution in [-0.2, 0) is 11.2 Å². The zero-order chi connectivity index (χ0) is 11.3. The molecule has 0 amide bonds. The highest BCUT2D eigenvalue weighted by molar-refractivity contribution is 5.85. The predicted molar refractivity (Wildman–Crippen MR) is 53.9 cm³/mol. The summed E-state index contributed by atoms with van der Waals surface area (Å²) >= 11 is 0. The summed E-state index contributed by atoms with van der Waals surface area (Å²) in [5, 5.41) is 17.0. The number of aliphatic hydroxyl groups excluding tert-OH is 1. The Balaban J connectivity index is 2.86. The molecule has 0 radical (unpaired) electrons. The van der Waals surface area contributed by atoms with Gasteiger partial charge in [0, 0.05) is 12.7 Å². The molecule has 0 aromatic heterocycles. The number of carboxylic acid groups (broad SMARTS) is 1. The molecule has 1 aromatic carbocycles. The smallest absolute Gasteiger partial charge is 0.328 e. The molecule has 2 N–H and O–H groups in total. The third-order valence-electron chi connectivity index (χ3n) is 1.88. The summed E-state index contributed by atoms with van der Waals surface area (Å²) in [5.41, 5.74) is 0.904. The highest BCUT2D eigenvalue weighted by Gasteiger charge is 2.01. The van der Waals surface area contributed by atoms with Gasteiger partial charge in [-0.1, -0.05) is 12.1 Å². The van der Waals surface area contributed by atoms with Crippen LogP contribution in [0.4, 0.5) is 4.39 Å². The van der Waals surface area contributed by atoms with E-state index in [1.807, 2.05) is 0 Å². The van der Waals surface area contributed by atoms with Crippen LogP contribution in [0.1, 0.15) is 11.1 Å². The SMILES string of the molecule is O=C(O)C=Cc1ccc(CCO)c(F)c1. The molecule has 3 nitrogen and oxygen atoms in total. The maximum atomic E-state index is 13.3. The second-order valence-corrected chi connectivity index (χ2v) is 3.00. The van der Waals surface area contributed by atoms with E-state index in [2.05, 4.69) is 0 Å². The molecule has 0 atom stereocenters. The molecule has 1 aromatic rings. The van der Waals surface area contributed by atoms with Gasteiger partial charge in [-0.2, -0.15) is 0 Å². The third-order valence-corrected chi connectivity index (χ3v) is 1.88. The number of carbonyl (C=O) groups is 1. The van der Waals surface area contributed by atoms with Crippen LogP contribution in [-0.4, -0.2) is 22.8 Å². The van der Waals surface area contributed by atoms with Crippen molar-refractivity contribution in [2.75, 3.05) is 6.61 Å². The summed E-state index contributed by atoms with van der Waals surface area (Å²) in [7, 11) is 0. The molecule has 0 aliphatic heterocycles. The van der Waals surface area contributed by atoms with E-state index in [0.717, 1.165) is 6.08 Å². The van der Waals surface area contributed by atoms with Gasteiger partial charge in [-0.25, -0.2) is 9.18 Å². The fraction of sp³-hybridized carbons (Fsp3) is 0.182. The minimum atomic E-state index is -1.07. The van der Waals surface area contributed by atoms with Crippen LogP contribution in [0, 0.1) is 5.82 Å². The maximum Gasteiger partial charge on any atom is 0.328 e. The van der Waals surface area contributed by atoms with Crippen molar-refractivity contribution >= 4 is 12.0 Å². The molecule has 0 bridgehead atoms. The summed E-state index contributed by atoms with van der Waals surface area (Å²) in [6, 6.07) is 4.38. The molecule has 1 rings (SSSR count). The average Bonchev–Trinajstić information content (AvgIpc) is 2.19. The molecule has 0 heterocycles. The van der Waals surface area contributed by atoms with E-state index in [9.17, 15) is 9.18 Å². The molecule has 0 saturated carbocycles. The summed E-state index contributed by atoms with van der Waals surface area (Å²) in [5.74, 6) is -1.51. The quantitative estimate of drug-likeness (QED) is 0.739. The average molecular weight is 210 g/mol.